The van der Waals surface area contributed by atoms with E-state index in [1.54, 1.807) is 0 Å². The summed E-state index contributed by atoms with van der Waals surface area (Å²) in [6.45, 7) is 6.80. The van der Waals surface area contributed by atoms with Crippen molar-refractivity contribution in [3.05, 3.63) is 71.8 Å². The molecule has 2 unspecified atom stereocenters. The van der Waals surface area contributed by atoms with E-state index in [-0.39, 0.29) is 11.9 Å². The van der Waals surface area contributed by atoms with Crippen LogP contribution in [0, 0.1) is 5.92 Å². The van der Waals surface area contributed by atoms with Gasteiger partial charge in [-0.3, -0.25) is 9.69 Å². The van der Waals surface area contributed by atoms with Gasteiger partial charge in [0, 0.05) is 38.6 Å². The van der Waals surface area contributed by atoms with Crippen molar-refractivity contribution in [2.24, 2.45) is 11.7 Å². The third-order valence-corrected chi connectivity index (χ3v) is 5.45. The lowest BCUT2D eigenvalue weighted by Crippen LogP contribution is -2.37. The number of likely N-dealkylation sites (tertiary alicyclic amines) is 1. The molecule has 144 valence electrons. The first-order valence-corrected chi connectivity index (χ1v) is 10.00. The van der Waals surface area contributed by atoms with Gasteiger partial charge in [0.2, 0.25) is 5.91 Å². The topological polar surface area (TPSA) is 49.6 Å². The fourth-order valence-corrected chi connectivity index (χ4v) is 3.90. The summed E-state index contributed by atoms with van der Waals surface area (Å²) in [7, 11) is 0. The van der Waals surface area contributed by atoms with Crippen LogP contribution < -0.4 is 5.73 Å². The van der Waals surface area contributed by atoms with E-state index in [1.807, 2.05) is 35.2 Å². The van der Waals surface area contributed by atoms with Crippen molar-refractivity contribution in [1.29, 1.82) is 0 Å². The van der Waals surface area contributed by atoms with Gasteiger partial charge >= 0.3 is 0 Å². The van der Waals surface area contributed by atoms with E-state index in [4.69, 9.17) is 5.73 Å². The van der Waals surface area contributed by atoms with Crippen LogP contribution in [0.1, 0.15) is 36.9 Å². The summed E-state index contributed by atoms with van der Waals surface area (Å²) in [5.74, 6) is 0.709. The molecule has 2 N–H and O–H groups in total. The Balaban J connectivity index is 1.49. The summed E-state index contributed by atoms with van der Waals surface area (Å²) in [6.07, 6.45) is 1.53. The zero-order chi connectivity index (χ0) is 19.1. The number of nitrogens with zero attached hydrogens (tertiary/aromatic N) is 2. The maximum absolute atomic E-state index is 12.8. The molecule has 4 nitrogen and oxygen atoms in total. The van der Waals surface area contributed by atoms with E-state index >= 15 is 0 Å². The van der Waals surface area contributed by atoms with Crippen molar-refractivity contribution in [3.63, 3.8) is 0 Å². The average molecular weight is 366 g/mol. The number of rotatable bonds is 8. The first-order valence-electron chi connectivity index (χ1n) is 10.00. The van der Waals surface area contributed by atoms with Crippen LogP contribution in [0.5, 0.6) is 0 Å². The van der Waals surface area contributed by atoms with Crippen LogP contribution in [0.4, 0.5) is 0 Å². The molecular weight excluding hydrogens is 334 g/mol. The Morgan fingerprint density at radius 2 is 1.81 bits per heavy atom. The van der Waals surface area contributed by atoms with E-state index in [0.29, 0.717) is 12.3 Å². The molecule has 1 aliphatic heterocycles. The van der Waals surface area contributed by atoms with E-state index in [1.165, 1.54) is 5.56 Å². The lowest BCUT2D eigenvalue weighted by atomic mass is 10.0. The molecule has 0 radical (unpaired) electrons. The van der Waals surface area contributed by atoms with Gasteiger partial charge in [-0.25, -0.2) is 0 Å². The van der Waals surface area contributed by atoms with Gasteiger partial charge in [-0.05, 0) is 36.9 Å². The highest BCUT2D eigenvalue weighted by atomic mass is 16.2. The molecule has 0 bridgehead atoms. The fraction of sp³-hybridized carbons (Fsp3) is 0.435. The number of hydrogen-bond acceptors (Lipinski definition) is 3. The van der Waals surface area contributed by atoms with Crippen LogP contribution in [0.15, 0.2) is 60.7 Å². The monoisotopic (exact) mass is 365 g/mol. The summed E-state index contributed by atoms with van der Waals surface area (Å²) in [5, 5.41) is 0. The molecule has 4 heteroatoms. The summed E-state index contributed by atoms with van der Waals surface area (Å²) in [4.78, 5) is 17.2. The smallest absolute Gasteiger partial charge is 0.224 e. The second-order valence-corrected chi connectivity index (χ2v) is 7.53. The van der Waals surface area contributed by atoms with Gasteiger partial charge < -0.3 is 10.6 Å². The van der Waals surface area contributed by atoms with Gasteiger partial charge in [0.05, 0.1) is 0 Å². The molecule has 2 aromatic rings. The summed E-state index contributed by atoms with van der Waals surface area (Å²) < 4.78 is 0. The molecule has 0 aromatic heterocycles. The third-order valence-electron chi connectivity index (χ3n) is 5.45. The van der Waals surface area contributed by atoms with Gasteiger partial charge in [-0.15, -0.1) is 0 Å². The highest BCUT2D eigenvalue weighted by Gasteiger charge is 2.26. The Morgan fingerprint density at radius 3 is 2.48 bits per heavy atom. The van der Waals surface area contributed by atoms with Crippen molar-refractivity contribution in [3.8, 4) is 0 Å². The summed E-state index contributed by atoms with van der Waals surface area (Å²) in [5.41, 5.74) is 8.63. The average Bonchev–Trinajstić information content (AvgIpc) is 3.14. The summed E-state index contributed by atoms with van der Waals surface area (Å²) in [6, 6.07) is 20.3. The Kier molecular flexibility index (Phi) is 7.02. The van der Waals surface area contributed by atoms with Crippen LogP contribution in [-0.4, -0.2) is 41.9 Å². The van der Waals surface area contributed by atoms with Crippen LogP contribution in [0.2, 0.25) is 0 Å². The molecule has 1 saturated heterocycles. The first kappa shape index (κ1) is 19.6. The molecule has 2 atom stereocenters. The molecule has 27 heavy (non-hydrogen) atoms. The third kappa shape index (κ3) is 5.65. The van der Waals surface area contributed by atoms with Crippen molar-refractivity contribution in [1.82, 2.24) is 9.80 Å². The molecule has 1 fully saturated rings. The zero-order valence-corrected chi connectivity index (χ0v) is 16.3. The standard InChI is InChI=1S/C23H31N3O/c1-2-26(23(27)15-22(24)21-11-7-4-8-12-21)18-20-13-14-25(17-20)16-19-9-5-3-6-10-19/h3-12,20,22H,2,13-18,24H2,1H3. The maximum Gasteiger partial charge on any atom is 0.224 e. The number of hydrogen-bond donors (Lipinski definition) is 1. The van der Waals surface area contributed by atoms with Gasteiger partial charge in [0.25, 0.3) is 0 Å². The molecule has 0 spiro atoms. The quantitative estimate of drug-likeness (QED) is 0.779. The molecule has 2 aromatic carbocycles. The molecule has 1 amide bonds. The largest absolute Gasteiger partial charge is 0.343 e. The molecule has 1 heterocycles. The molecular formula is C23H31N3O. The van der Waals surface area contributed by atoms with Gasteiger partial charge in [-0.1, -0.05) is 60.7 Å². The predicted octanol–water partition coefficient (Wildman–Crippen LogP) is 3.45. The van der Waals surface area contributed by atoms with Crippen LogP contribution in [-0.2, 0) is 11.3 Å². The molecule has 1 aliphatic rings. The van der Waals surface area contributed by atoms with Crippen LogP contribution in [0.25, 0.3) is 0 Å². The van der Waals surface area contributed by atoms with Crippen molar-refractivity contribution in [2.45, 2.75) is 32.4 Å². The number of benzene rings is 2. The van der Waals surface area contributed by atoms with Crippen molar-refractivity contribution >= 4 is 5.91 Å². The highest BCUT2D eigenvalue weighted by molar-refractivity contribution is 5.77. The minimum Gasteiger partial charge on any atom is -0.343 e. The minimum absolute atomic E-state index is 0.162. The Bertz CT molecular complexity index is 704. The minimum atomic E-state index is -0.231. The second-order valence-electron chi connectivity index (χ2n) is 7.53. The number of amides is 1. The van der Waals surface area contributed by atoms with Crippen LogP contribution >= 0.6 is 0 Å². The van der Waals surface area contributed by atoms with Gasteiger partial charge in [-0.2, -0.15) is 0 Å². The second kappa shape index (κ2) is 9.67. The molecule has 3 rings (SSSR count). The Hall–Kier alpha value is -2.17. The lowest BCUT2D eigenvalue weighted by molar-refractivity contribution is -0.132. The fourth-order valence-electron chi connectivity index (χ4n) is 3.90. The zero-order valence-electron chi connectivity index (χ0n) is 16.3. The van der Waals surface area contributed by atoms with E-state index in [9.17, 15) is 4.79 Å². The number of nitrogens with two attached hydrogens (primary N) is 1. The SMILES string of the molecule is CCN(CC1CCN(Cc2ccccc2)C1)C(=O)CC(N)c1ccccc1. The first-order chi connectivity index (χ1) is 13.2. The van der Waals surface area contributed by atoms with Crippen molar-refractivity contribution < 1.29 is 4.79 Å². The number of carbonyl (C=O) groups is 1. The van der Waals surface area contributed by atoms with E-state index in [2.05, 4.69) is 42.2 Å². The lowest BCUT2D eigenvalue weighted by Gasteiger charge is -2.26. The normalized spacial score (nSPS) is 18.4. The Morgan fingerprint density at radius 1 is 1.15 bits per heavy atom. The maximum atomic E-state index is 12.8. The molecule has 0 aliphatic carbocycles. The Labute approximate surface area is 163 Å². The van der Waals surface area contributed by atoms with Gasteiger partial charge in [0.1, 0.15) is 0 Å². The van der Waals surface area contributed by atoms with E-state index in [0.717, 1.165) is 44.7 Å². The molecule has 0 saturated carbocycles. The van der Waals surface area contributed by atoms with Crippen molar-refractivity contribution in [2.75, 3.05) is 26.2 Å². The highest BCUT2D eigenvalue weighted by Crippen LogP contribution is 2.21. The van der Waals surface area contributed by atoms with E-state index < -0.39 is 0 Å². The summed E-state index contributed by atoms with van der Waals surface area (Å²) >= 11 is 0. The predicted molar refractivity (Wildman–Crippen MR) is 110 cm³/mol. The van der Waals surface area contributed by atoms with Gasteiger partial charge in [0.15, 0.2) is 0 Å². The number of carbonyl (C=O) groups excluding carboxylic acids is 1. The van der Waals surface area contributed by atoms with Crippen LogP contribution in [0.3, 0.4) is 0 Å².